The number of amides is 2. The Balaban J connectivity index is 1.60. The summed E-state index contributed by atoms with van der Waals surface area (Å²) in [4.78, 5) is 14.8. The minimum Gasteiger partial charge on any atom is -0.395 e. The van der Waals surface area contributed by atoms with Gasteiger partial charge in [-0.05, 0) is 54.0 Å². The minimum absolute atomic E-state index is 0.000803. The van der Waals surface area contributed by atoms with E-state index in [0.717, 1.165) is 35.9 Å². The maximum absolute atomic E-state index is 13.1. The summed E-state index contributed by atoms with van der Waals surface area (Å²) in [6, 6.07) is 16.1. The van der Waals surface area contributed by atoms with Crippen molar-refractivity contribution in [3.63, 3.8) is 0 Å². The molecule has 5 heteroatoms. The molecule has 27 heavy (non-hydrogen) atoms. The number of aliphatic hydroxyl groups is 1. The number of hydrogen-bond donors (Lipinski definition) is 2. The SMILES string of the molecule is Cn1ccc2ccc(NC(=O)N(CCO)C3CCCc4ccccc43)cc21. The van der Waals surface area contributed by atoms with Crippen LogP contribution in [0.3, 0.4) is 0 Å². The third-order valence-corrected chi connectivity index (χ3v) is 5.46. The number of rotatable bonds is 4. The molecule has 1 aromatic heterocycles. The summed E-state index contributed by atoms with van der Waals surface area (Å²) in [5, 5.41) is 13.7. The molecular weight excluding hydrogens is 338 g/mol. The van der Waals surface area contributed by atoms with Gasteiger partial charge >= 0.3 is 6.03 Å². The Kier molecular flexibility index (Phi) is 4.86. The van der Waals surface area contributed by atoms with E-state index in [4.69, 9.17) is 0 Å². The third kappa shape index (κ3) is 3.43. The molecule has 1 heterocycles. The first-order valence-corrected chi connectivity index (χ1v) is 9.49. The molecule has 0 aliphatic heterocycles. The number of aryl methyl sites for hydroxylation is 2. The van der Waals surface area contributed by atoms with Gasteiger partial charge < -0.3 is 19.9 Å². The molecule has 1 aliphatic rings. The van der Waals surface area contributed by atoms with Crippen LogP contribution in [0.5, 0.6) is 0 Å². The van der Waals surface area contributed by atoms with Crippen molar-refractivity contribution in [2.24, 2.45) is 7.05 Å². The van der Waals surface area contributed by atoms with Crippen molar-refractivity contribution in [2.75, 3.05) is 18.5 Å². The minimum atomic E-state index is -0.167. The number of aromatic nitrogens is 1. The van der Waals surface area contributed by atoms with Gasteiger partial charge in [-0.25, -0.2) is 4.79 Å². The Bertz CT molecular complexity index is 963. The number of hydrogen-bond acceptors (Lipinski definition) is 2. The molecular formula is C22H25N3O2. The lowest BCUT2D eigenvalue weighted by atomic mass is 9.87. The lowest BCUT2D eigenvalue weighted by Gasteiger charge is -2.35. The summed E-state index contributed by atoms with van der Waals surface area (Å²) in [7, 11) is 1.99. The Morgan fingerprint density at radius 1 is 1.26 bits per heavy atom. The second kappa shape index (κ2) is 7.45. The molecule has 1 aliphatic carbocycles. The predicted molar refractivity (Wildman–Crippen MR) is 108 cm³/mol. The Morgan fingerprint density at radius 2 is 2.11 bits per heavy atom. The van der Waals surface area contributed by atoms with Crippen LogP contribution in [0.25, 0.3) is 10.9 Å². The molecule has 5 nitrogen and oxygen atoms in total. The van der Waals surface area contributed by atoms with Gasteiger partial charge in [-0.2, -0.15) is 0 Å². The quantitative estimate of drug-likeness (QED) is 0.734. The number of nitrogens with one attached hydrogen (secondary N) is 1. The normalized spacial score (nSPS) is 16.1. The number of benzene rings is 2. The van der Waals surface area contributed by atoms with Crippen LogP contribution in [0.15, 0.2) is 54.7 Å². The highest BCUT2D eigenvalue weighted by molar-refractivity contribution is 5.93. The predicted octanol–water partition coefficient (Wildman–Crippen LogP) is 4.08. The van der Waals surface area contributed by atoms with Crippen LogP contribution < -0.4 is 5.32 Å². The Labute approximate surface area is 159 Å². The molecule has 0 fully saturated rings. The Hall–Kier alpha value is -2.79. The van der Waals surface area contributed by atoms with E-state index in [0.29, 0.717) is 6.54 Å². The molecule has 1 atom stereocenters. The van der Waals surface area contributed by atoms with Gasteiger partial charge in [-0.15, -0.1) is 0 Å². The lowest BCUT2D eigenvalue weighted by Crippen LogP contribution is -2.41. The topological polar surface area (TPSA) is 57.5 Å². The fraction of sp³-hybridized carbons (Fsp3) is 0.318. The van der Waals surface area contributed by atoms with Crippen molar-refractivity contribution < 1.29 is 9.90 Å². The summed E-state index contributed by atoms with van der Waals surface area (Å²) in [5.74, 6) is 0. The molecule has 1 unspecified atom stereocenters. The third-order valence-electron chi connectivity index (χ3n) is 5.46. The van der Waals surface area contributed by atoms with Crippen LogP contribution in [0.4, 0.5) is 10.5 Å². The largest absolute Gasteiger partial charge is 0.395 e. The number of fused-ring (bicyclic) bond motifs is 2. The number of carbonyl (C=O) groups is 1. The van der Waals surface area contributed by atoms with Gasteiger partial charge in [0, 0.05) is 31.0 Å². The smallest absolute Gasteiger partial charge is 0.322 e. The molecule has 2 amide bonds. The maximum atomic E-state index is 13.1. The zero-order valence-corrected chi connectivity index (χ0v) is 15.6. The van der Waals surface area contributed by atoms with Crippen LogP contribution in [0.1, 0.15) is 30.0 Å². The average molecular weight is 363 g/mol. The molecule has 0 radical (unpaired) electrons. The van der Waals surface area contributed by atoms with Crippen molar-refractivity contribution in [3.05, 3.63) is 65.9 Å². The van der Waals surface area contributed by atoms with Gasteiger partial charge in [0.05, 0.1) is 12.6 Å². The first-order chi connectivity index (χ1) is 13.2. The molecule has 3 aromatic rings. The average Bonchev–Trinajstić information content (AvgIpc) is 3.06. The first kappa shape index (κ1) is 17.6. The summed E-state index contributed by atoms with van der Waals surface area (Å²) in [6.45, 7) is 0.264. The van der Waals surface area contributed by atoms with Gasteiger partial charge in [0.15, 0.2) is 0 Å². The zero-order valence-electron chi connectivity index (χ0n) is 15.6. The molecule has 2 aromatic carbocycles. The molecule has 0 saturated heterocycles. The zero-order chi connectivity index (χ0) is 18.8. The molecule has 0 spiro atoms. The molecule has 0 saturated carbocycles. The monoisotopic (exact) mass is 363 g/mol. The lowest BCUT2D eigenvalue weighted by molar-refractivity contribution is 0.155. The Morgan fingerprint density at radius 3 is 2.96 bits per heavy atom. The standard InChI is InChI=1S/C22H25N3O2/c1-24-12-11-17-9-10-18(15-21(17)24)23-22(27)25(13-14-26)20-8-4-6-16-5-2-3-7-19(16)20/h2-3,5,7,9-12,15,20,26H,4,6,8,13-14H2,1H3,(H,23,27). The molecule has 140 valence electrons. The van der Waals surface area contributed by atoms with Crippen LogP contribution in [-0.4, -0.2) is 33.8 Å². The summed E-state index contributed by atoms with van der Waals surface area (Å²) in [6.07, 6.45) is 5.02. The fourth-order valence-corrected chi connectivity index (χ4v) is 4.09. The van der Waals surface area contributed by atoms with Gasteiger partial charge in [0.25, 0.3) is 0 Å². The maximum Gasteiger partial charge on any atom is 0.322 e. The van der Waals surface area contributed by atoms with E-state index in [-0.39, 0.29) is 18.7 Å². The first-order valence-electron chi connectivity index (χ1n) is 9.49. The van der Waals surface area contributed by atoms with Crippen molar-refractivity contribution in [2.45, 2.75) is 25.3 Å². The highest BCUT2D eigenvalue weighted by atomic mass is 16.3. The van der Waals surface area contributed by atoms with E-state index >= 15 is 0 Å². The van der Waals surface area contributed by atoms with E-state index in [9.17, 15) is 9.90 Å². The van der Waals surface area contributed by atoms with Gasteiger partial charge in [-0.3, -0.25) is 0 Å². The van der Waals surface area contributed by atoms with Crippen molar-refractivity contribution in [1.82, 2.24) is 9.47 Å². The summed E-state index contributed by atoms with van der Waals surface area (Å²) in [5.41, 5.74) is 4.34. The van der Waals surface area contributed by atoms with Crippen molar-refractivity contribution in [3.8, 4) is 0 Å². The second-order valence-electron chi connectivity index (χ2n) is 7.15. The molecule has 0 bridgehead atoms. The number of carbonyl (C=O) groups excluding carboxylic acids is 1. The number of aliphatic hydroxyl groups excluding tert-OH is 1. The van der Waals surface area contributed by atoms with Crippen LogP contribution in [-0.2, 0) is 13.5 Å². The van der Waals surface area contributed by atoms with E-state index in [1.54, 1.807) is 4.90 Å². The van der Waals surface area contributed by atoms with Gasteiger partial charge in [0.2, 0.25) is 0 Å². The summed E-state index contributed by atoms with van der Waals surface area (Å²) >= 11 is 0. The molecule has 2 N–H and O–H groups in total. The number of nitrogens with zero attached hydrogens (tertiary/aromatic N) is 2. The second-order valence-corrected chi connectivity index (χ2v) is 7.15. The van der Waals surface area contributed by atoms with Crippen molar-refractivity contribution >= 4 is 22.6 Å². The summed E-state index contributed by atoms with van der Waals surface area (Å²) < 4.78 is 2.04. The number of urea groups is 1. The highest BCUT2D eigenvalue weighted by Gasteiger charge is 2.29. The van der Waals surface area contributed by atoms with Gasteiger partial charge in [0.1, 0.15) is 0 Å². The van der Waals surface area contributed by atoms with E-state index in [1.165, 1.54) is 11.1 Å². The fourth-order valence-electron chi connectivity index (χ4n) is 4.09. The van der Waals surface area contributed by atoms with Crippen molar-refractivity contribution in [1.29, 1.82) is 0 Å². The number of anilines is 1. The van der Waals surface area contributed by atoms with E-state index in [2.05, 4.69) is 23.5 Å². The molecule has 4 rings (SSSR count). The highest BCUT2D eigenvalue weighted by Crippen LogP contribution is 2.34. The van der Waals surface area contributed by atoms with E-state index < -0.39 is 0 Å². The van der Waals surface area contributed by atoms with Crippen LogP contribution in [0.2, 0.25) is 0 Å². The van der Waals surface area contributed by atoms with Crippen LogP contribution in [0, 0.1) is 0 Å². The van der Waals surface area contributed by atoms with Crippen LogP contribution >= 0.6 is 0 Å². The van der Waals surface area contributed by atoms with Gasteiger partial charge in [-0.1, -0.05) is 30.3 Å². The van der Waals surface area contributed by atoms with E-state index in [1.807, 2.05) is 48.1 Å².